The largest absolute Gasteiger partial charge is 0.343 e. The summed E-state index contributed by atoms with van der Waals surface area (Å²) in [6.45, 7) is 0. The molecule has 0 fully saturated rings. The van der Waals surface area contributed by atoms with Gasteiger partial charge in [0.2, 0.25) is 0 Å². The van der Waals surface area contributed by atoms with E-state index in [1.54, 1.807) is 12.5 Å². The van der Waals surface area contributed by atoms with Gasteiger partial charge in [-0.15, -0.1) is 0 Å². The highest BCUT2D eigenvalue weighted by Gasteiger charge is 2.00. The molecule has 50 valence electrons. The average Bonchev–Trinajstić information content (AvgIpc) is 2.59. The molecule has 0 aromatic carbocycles. The lowest BCUT2D eigenvalue weighted by Crippen LogP contribution is -1.73. The number of hydrogen-bond donors (Lipinski definition) is 1. The summed E-state index contributed by atoms with van der Waals surface area (Å²) in [5, 5.41) is 7.05. The van der Waals surface area contributed by atoms with Crippen molar-refractivity contribution in [2.45, 2.75) is 0 Å². The van der Waals surface area contributed by atoms with Gasteiger partial charge in [-0.1, -0.05) is 5.16 Å². The van der Waals surface area contributed by atoms with Crippen LogP contribution < -0.4 is 0 Å². The molecule has 0 amide bonds. The van der Waals surface area contributed by atoms with E-state index in [1.807, 2.05) is 0 Å². The minimum atomic E-state index is 0.664. The molecule has 2 heterocycles. The highest BCUT2D eigenvalue weighted by molar-refractivity contribution is 5.49. The third kappa shape index (κ3) is 0.680. The van der Waals surface area contributed by atoms with Crippen molar-refractivity contribution in [1.82, 2.24) is 20.3 Å². The first-order valence-corrected chi connectivity index (χ1v) is 2.73. The van der Waals surface area contributed by atoms with Crippen molar-refractivity contribution >= 4 is 0 Å². The number of aromatic amines is 1. The molecule has 5 heteroatoms. The summed E-state index contributed by atoms with van der Waals surface area (Å²) in [4.78, 5) is 6.68. The number of rotatable bonds is 1. The monoisotopic (exact) mass is 136 g/mol. The fourth-order valence-corrected chi connectivity index (χ4v) is 0.679. The highest BCUT2D eigenvalue weighted by atomic mass is 16.6. The first kappa shape index (κ1) is 5.16. The summed E-state index contributed by atoms with van der Waals surface area (Å²) in [5.74, 6) is 0. The van der Waals surface area contributed by atoms with E-state index in [4.69, 9.17) is 0 Å². The smallest absolute Gasteiger partial charge is 0.152 e. The van der Waals surface area contributed by atoms with Gasteiger partial charge in [-0.3, -0.25) is 0 Å². The number of aromatic nitrogens is 4. The zero-order chi connectivity index (χ0) is 6.81. The van der Waals surface area contributed by atoms with Gasteiger partial charge in [-0.05, 0) is 5.16 Å². The normalized spacial score (nSPS) is 10.0. The number of hydrogen-bond acceptors (Lipinski definition) is 4. The third-order valence-corrected chi connectivity index (χ3v) is 1.14. The fourth-order valence-electron chi connectivity index (χ4n) is 0.679. The first-order chi connectivity index (χ1) is 4.97. The SMILES string of the molecule is c1ncc(-c2cnon2)[nH]1. The van der Waals surface area contributed by atoms with Gasteiger partial charge in [0.05, 0.1) is 18.2 Å². The van der Waals surface area contributed by atoms with Crippen molar-refractivity contribution in [3.63, 3.8) is 0 Å². The molecule has 0 aliphatic rings. The number of imidazole rings is 1. The Bertz CT molecular complexity index is 253. The zero-order valence-electron chi connectivity index (χ0n) is 4.98. The minimum Gasteiger partial charge on any atom is -0.343 e. The van der Waals surface area contributed by atoms with Crippen molar-refractivity contribution in [3.8, 4) is 11.4 Å². The molecule has 5 nitrogen and oxygen atoms in total. The number of H-pyrrole nitrogens is 1. The second-order valence-corrected chi connectivity index (χ2v) is 1.76. The summed E-state index contributed by atoms with van der Waals surface area (Å²) in [7, 11) is 0. The molecule has 0 unspecified atom stereocenters. The lowest BCUT2D eigenvalue weighted by molar-refractivity contribution is 0.308. The summed E-state index contributed by atoms with van der Waals surface area (Å²) in [6.07, 6.45) is 4.75. The molecule has 0 atom stereocenters. The van der Waals surface area contributed by atoms with Crippen molar-refractivity contribution in [1.29, 1.82) is 0 Å². The van der Waals surface area contributed by atoms with Crippen molar-refractivity contribution in [2.75, 3.05) is 0 Å². The van der Waals surface area contributed by atoms with E-state index in [-0.39, 0.29) is 0 Å². The Morgan fingerprint density at radius 2 is 2.40 bits per heavy atom. The maximum absolute atomic E-state index is 4.39. The van der Waals surface area contributed by atoms with E-state index >= 15 is 0 Å². The predicted octanol–water partition coefficient (Wildman–Crippen LogP) is 0.460. The highest BCUT2D eigenvalue weighted by Crippen LogP contribution is 2.09. The van der Waals surface area contributed by atoms with E-state index in [0.29, 0.717) is 5.69 Å². The lowest BCUT2D eigenvalue weighted by atomic mass is 10.4. The van der Waals surface area contributed by atoms with Crippen LogP contribution in [-0.2, 0) is 0 Å². The Kier molecular flexibility index (Phi) is 1.00. The Morgan fingerprint density at radius 3 is 3.00 bits per heavy atom. The van der Waals surface area contributed by atoms with Crippen LogP contribution in [0.4, 0.5) is 0 Å². The standard InChI is InChI=1S/C5H4N4O/c1-4(7-3-6-1)5-2-8-10-9-5/h1-3H,(H,6,7). The van der Waals surface area contributed by atoms with Crippen LogP contribution in [0.25, 0.3) is 11.4 Å². The topological polar surface area (TPSA) is 67.6 Å². The van der Waals surface area contributed by atoms with Crippen molar-refractivity contribution < 1.29 is 4.63 Å². The molecule has 0 radical (unpaired) electrons. The zero-order valence-corrected chi connectivity index (χ0v) is 4.98. The van der Waals surface area contributed by atoms with Gasteiger partial charge in [-0.25, -0.2) is 9.61 Å². The van der Waals surface area contributed by atoms with Crippen LogP contribution in [0.1, 0.15) is 0 Å². The maximum Gasteiger partial charge on any atom is 0.152 e. The summed E-state index contributed by atoms with van der Waals surface area (Å²) in [5.41, 5.74) is 1.47. The minimum absolute atomic E-state index is 0.664. The summed E-state index contributed by atoms with van der Waals surface area (Å²) in [6, 6.07) is 0. The van der Waals surface area contributed by atoms with Crippen molar-refractivity contribution in [2.24, 2.45) is 0 Å². The molecule has 0 saturated heterocycles. The molecule has 1 N–H and O–H groups in total. The van der Waals surface area contributed by atoms with Gasteiger partial charge in [-0.2, -0.15) is 0 Å². The molecular weight excluding hydrogens is 132 g/mol. The Labute approximate surface area is 56.1 Å². The van der Waals surface area contributed by atoms with E-state index in [1.165, 1.54) is 6.20 Å². The molecule has 0 spiro atoms. The maximum atomic E-state index is 4.39. The molecule has 2 rings (SSSR count). The van der Waals surface area contributed by atoms with Crippen LogP contribution in [0.5, 0.6) is 0 Å². The summed E-state index contributed by atoms with van der Waals surface area (Å²) >= 11 is 0. The van der Waals surface area contributed by atoms with Gasteiger partial charge in [0.25, 0.3) is 0 Å². The fraction of sp³-hybridized carbons (Fsp3) is 0. The Balaban J connectivity index is 2.48. The van der Waals surface area contributed by atoms with Gasteiger partial charge in [0, 0.05) is 0 Å². The molecule has 0 aliphatic carbocycles. The van der Waals surface area contributed by atoms with Crippen LogP contribution in [0.2, 0.25) is 0 Å². The molecule has 10 heavy (non-hydrogen) atoms. The molecular formula is C5H4N4O. The number of nitrogens with zero attached hydrogens (tertiary/aromatic N) is 3. The number of nitrogens with one attached hydrogen (secondary N) is 1. The van der Waals surface area contributed by atoms with Gasteiger partial charge >= 0.3 is 0 Å². The van der Waals surface area contributed by atoms with Crippen LogP contribution in [0, 0.1) is 0 Å². The molecule has 0 aliphatic heterocycles. The van der Waals surface area contributed by atoms with Gasteiger partial charge < -0.3 is 4.98 Å². The average molecular weight is 136 g/mol. The van der Waals surface area contributed by atoms with Crippen LogP contribution in [-0.4, -0.2) is 20.3 Å². The second kappa shape index (κ2) is 1.94. The van der Waals surface area contributed by atoms with Crippen LogP contribution in [0.15, 0.2) is 23.4 Å². The van der Waals surface area contributed by atoms with Crippen LogP contribution in [0.3, 0.4) is 0 Å². The molecule has 2 aromatic heterocycles. The van der Waals surface area contributed by atoms with E-state index in [0.717, 1.165) is 5.69 Å². The lowest BCUT2D eigenvalue weighted by Gasteiger charge is -1.80. The molecule has 0 bridgehead atoms. The first-order valence-electron chi connectivity index (χ1n) is 2.73. The molecule has 0 saturated carbocycles. The van der Waals surface area contributed by atoms with E-state index in [2.05, 4.69) is 24.9 Å². The van der Waals surface area contributed by atoms with Gasteiger partial charge in [0.15, 0.2) is 5.69 Å². The third-order valence-electron chi connectivity index (χ3n) is 1.14. The Morgan fingerprint density at radius 1 is 1.40 bits per heavy atom. The second-order valence-electron chi connectivity index (χ2n) is 1.76. The quantitative estimate of drug-likeness (QED) is 0.618. The van der Waals surface area contributed by atoms with Crippen LogP contribution >= 0.6 is 0 Å². The molecule has 2 aromatic rings. The Hall–Kier alpha value is -1.65. The summed E-state index contributed by atoms with van der Waals surface area (Å²) < 4.78 is 4.39. The van der Waals surface area contributed by atoms with Gasteiger partial charge in [0.1, 0.15) is 6.20 Å². The predicted molar refractivity (Wildman–Crippen MR) is 31.9 cm³/mol. The van der Waals surface area contributed by atoms with E-state index < -0.39 is 0 Å². The van der Waals surface area contributed by atoms with Crippen molar-refractivity contribution in [3.05, 3.63) is 18.7 Å². The van der Waals surface area contributed by atoms with E-state index in [9.17, 15) is 0 Å².